The van der Waals surface area contributed by atoms with Crippen LogP contribution in [-0.2, 0) is 6.54 Å². The zero-order valence-corrected chi connectivity index (χ0v) is 15.2. The van der Waals surface area contributed by atoms with E-state index in [-0.39, 0.29) is 11.9 Å². The normalized spacial score (nSPS) is 16.2. The Morgan fingerprint density at radius 1 is 1.31 bits per heavy atom. The van der Waals surface area contributed by atoms with Gasteiger partial charge in [0.15, 0.2) is 0 Å². The van der Waals surface area contributed by atoms with Crippen LogP contribution >= 0.6 is 0 Å². The van der Waals surface area contributed by atoms with E-state index in [0.29, 0.717) is 5.69 Å². The van der Waals surface area contributed by atoms with Crippen LogP contribution in [0.15, 0.2) is 34.9 Å². The van der Waals surface area contributed by atoms with Crippen molar-refractivity contribution < 1.29 is 9.32 Å². The van der Waals surface area contributed by atoms with Crippen LogP contribution in [0.3, 0.4) is 0 Å². The maximum absolute atomic E-state index is 12.5. The lowest BCUT2D eigenvalue weighted by molar-refractivity contribution is 0.0904. The van der Waals surface area contributed by atoms with Gasteiger partial charge < -0.3 is 14.8 Å². The molecule has 1 fully saturated rings. The lowest BCUT2D eigenvalue weighted by atomic mass is 10.0. The lowest BCUT2D eigenvalue weighted by Crippen LogP contribution is -2.44. The van der Waals surface area contributed by atoms with Gasteiger partial charge in [-0.3, -0.25) is 9.69 Å². The second-order valence-corrected chi connectivity index (χ2v) is 7.10. The summed E-state index contributed by atoms with van der Waals surface area (Å²) in [6, 6.07) is 10.1. The highest BCUT2D eigenvalue weighted by Crippen LogP contribution is 2.19. The Bertz CT molecular complexity index is 866. The highest BCUT2D eigenvalue weighted by atomic mass is 16.5. The van der Waals surface area contributed by atoms with E-state index in [4.69, 9.17) is 4.52 Å². The van der Waals surface area contributed by atoms with E-state index in [1.165, 1.54) is 5.56 Å². The van der Waals surface area contributed by atoms with Crippen LogP contribution in [0.2, 0.25) is 0 Å². The molecule has 0 saturated carbocycles. The molecule has 4 rings (SSSR count). The SMILES string of the molecule is Cc1noc(C)c1CN1CCC(NC(=O)c2cc3ccccc3[nH]2)CC1. The summed E-state index contributed by atoms with van der Waals surface area (Å²) >= 11 is 0. The number of aromatic amines is 1. The van der Waals surface area contributed by atoms with Crippen molar-refractivity contribution >= 4 is 16.8 Å². The first-order valence-electron chi connectivity index (χ1n) is 9.13. The molecule has 0 spiro atoms. The molecule has 1 amide bonds. The maximum atomic E-state index is 12.5. The van der Waals surface area contributed by atoms with Crippen LogP contribution < -0.4 is 5.32 Å². The summed E-state index contributed by atoms with van der Waals surface area (Å²) in [6.07, 6.45) is 1.91. The molecule has 1 saturated heterocycles. The summed E-state index contributed by atoms with van der Waals surface area (Å²) in [7, 11) is 0. The molecule has 0 atom stereocenters. The predicted octanol–water partition coefficient (Wildman–Crippen LogP) is 3.17. The van der Waals surface area contributed by atoms with E-state index >= 15 is 0 Å². The third-order valence-electron chi connectivity index (χ3n) is 5.26. The number of piperidine rings is 1. The number of benzene rings is 1. The minimum Gasteiger partial charge on any atom is -0.361 e. The molecule has 1 aliphatic rings. The molecule has 1 aromatic carbocycles. The Hall–Kier alpha value is -2.60. The first-order chi connectivity index (χ1) is 12.6. The van der Waals surface area contributed by atoms with E-state index in [2.05, 4.69) is 20.4 Å². The van der Waals surface area contributed by atoms with Gasteiger partial charge in [-0.1, -0.05) is 23.4 Å². The van der Waals surface area contributed by atoms with E-state index in [1.807, 2.05) is 44.2 Å². The summed E-state index contributed by atoms with van der Waals surface area (Å²) < 4.78 is 5.25. The Labute approximate surface area is 152 Å². The van der Waals surface area contributed by atoms with Gasteiger partial charge in [-0.2, -0.15) is 0 Å². The number of amides is 1. The molecule has 0 unspecified atom stereocenters. The van der Waals surface area contributed by atoms with Crippen molar-refractivity contribution in [1.82, 2.24) is 20.4 Å². The standard InChI is InChI=1S/C20H24N4O2/c1-13-17(14(2)26-23-13)12-24-9-7-16(8-10-24)21-20(25)19-11-15-5-3-4-6-18(15)22-19/h3-6,11,16,22H,7-10,12H2,1-2H3,(H,21,25). The van der Waals surface area contributed by atoms with E-state index < -0.39 is 0 Å². The molecule has 1 aliphatic heterocycles. The number of fused-ring (bicyclic) bond motifs is 1. The van der Waals surface area contributed by atoms with Gasteiger partial charge in [0.05, 0.1) is 5.69 Å². The van der Waals surface area contributed by atoms with Crippen LogP contribution in [0.1, 0.15) is 40.3 Å². The topological polar surface area (TPSA) is 74.2 Å². The van der Waals surface area contributed by atoms with Crippen molar-refractivity contribution in [3.63, 3.8) is 0 Å². The van der Waals surface area contributed by atoms with Crippen LogP contribution in [0.4, 0.5) is 0 Å². The average molecular weight is 352 g/mol. The van der Waals surface area contributed by atoms with Gasteiger partial charge in [0, 0.05) is 42.1 Å². The summed E-state index contributed by atoms with van der Waals surface area (Å²) in [5, 5.41) is 8.26. The Balaban J connectivity index is 1.32. The third-order valence-corrected chi connectivity index (χ3v) is 5.26. The second kappa shape index (κ2) is 6.96. The molecular formula is C20H24N4O2. The van der Waals surface area contributed by atoms with Crippen molar-refractivity contribution in [2.75, 3.05) is 13.1 Å². The Morgan fingerprint density at radius 3 is 2.77 bits per heavy atom. The van der Waals surface area contributed by atoms with Crippen molar-refractivity contribution in [3.05, 3.63) is 53.0 Å². The van der Waals surface area contributed by atoms with Gasteiger partial charge in [0.1, 0.15) is 11.5 Å². The fourth-order valence-corrected chi connectivity index (χ4v) is 3.65. The quantitative estimate of drug-likeness (QED) is 0.756. The molecule has 0 aliphatic carbocycles. The minimum absolute atomic E-state index is 0.0228. The number of carbonyl (C=O) groups is 1. The molecule has 0 bridgehead atoms. The summed E-state index contributed by atoms with van der Waals surface area (Å²) in [4.78, 5) is 18.1. The lowest BCUT2D eigenvalue weighted by Gasteiger charge is -2.32. The van der Waals surface area contributed by atoms with E-state index in [1.54, 1.807) is 0 Å². The number of likely N-dealkylation sites (tertiary alicyclic amines) is 1. The van der Waals surface area contributed by atoms with Gasteiger partial charge in [-0.15, -0.1) is 0 Å². The molecule has 6 heteroatoms. The van der Waals surface area contributed by atoms with Gasteiger partial charge >= 0.3 is 0 Å². The predicted molar refractivity (Wildman–Crippen MR) is 100 cm³/mol. The summed E-state index contributed by atoms with van der Waals surface area (Å²) in [6.45, 7) is 6.73. The number of nitrogens with one attached hydrogen (secondary N) is 2. The van der Waals surface area contributed by atoms with Crippen LogP contribution in [0, 0.1) is 13.8 Å². The molecule has 26 heavy (non-hydrogen) atoms. The second-order valence-electron chi connectivity index (χ2n) is 7.10. The fourth-order valence-electron chi connectivity index (χ4n) is 3.65. The highest BCUT2D eigenvalue weighted by Gasteiger charge is 2.23. The van der Waals surface area contributed by atoms with E-state index in [9.17, 15) is 4.79 Å². The van der Waals surface area contributed by atoms with Gasteiger partial charge in [-0.25, -0.2) is 0 Å². The van der Waals surface area contributed by atoms with Gasteiger partial charge in [-0.05, 0) is 38.8 Å². The Morgan fingerprint density at radius 2 is 2.08 bits per heavy atom. The monoisotopic (exact) mass is 352 g/mol. The molecule has 2 aromatic heterocycles. The molecule has 3 heterocycles. The van der Waals surface area contributed by atoms with Gasteiger partial charge in [0.2, 0.25) is 0 Å². The zero-order chi connectivity index (χ0) is 18.1. The molecule has 3 aromatic rings. The summed E-state index contributed by atoms with van der Waals surface area (Å²) in [5.74, 6) is 0.877. The van der Waals surface area contributed by atoms with Crippen molar-refractivity contribution in [3.8, 4) is 0 Å². The molecule has 6 nitrogen and oxygen atoms in total. The highest BCUT2D eigenvalue weighted by molar-refractivity contribution is 5.98. The van der Waals surface area contributed by atoms with Crippen molar-refractivity contribution in [1.29, 1.82) is 0 Å². The molecule has 2 N–H and O–H groups in total. The zero-order valence-electron chi connectivity index (χ0n) is 15.2. The van der Waals surface area contributed by atoms with E-state index in [0.717, 1.165) is 54.8 Å². The average Bonchev–Trinajstić information content (AvgIpc) is 3.22. The van der Waals surface area contributed by atoms with Gasteiger partial charge in [0.25, 0.3) is 5.91 Å². The fraction of sp³-hybridized carbons (Fsp3) is 0.400. The first kappa shape index (κ1) is 16.8. The number of para-hydroxylation sites is 1. The van der Waals surface area contributed by atoms with Crippen LogP contribution in [0.25, 0.3) is 10.9 Å². The minimum atomic E-state index is -0.0228. The smallest absolute Gasteiger partial charge is 0.267 e. The molecule has 136 valence electrons. The number of nitrogens with zero attached hydrogens (tertiary/aromatic N) is 2. The number of aromatic nitrogens is 2. The van der Waals surface area contributed by atoms with Crippen molar-refractivity contribution in [2.24, 2.45) is 0 Å². The number of carbonyl (C=O) groups excluding carboxylic acids is 1. The number of hydrogen-bond acceptors (Lipinski definition) is 4. The van der Waals surface area contributed by atoms with Crippen LogP contribution in [-0.4, -0.2) is 40.1 Å². The number of rotatable bonds is 4. The third kappa shape index (κ3) is 3.37. The number of hydrogen-bond donors (Lipinski definition) is 2. The van der Waals surface area contributed by atoms with Crippen molar-refractivity contribution in [2.45, 2.75) is 39.3 Å². The molecular weight excluding hydrogens is 328 g/mol. The first-order valence-corrected chi connectivity index (χ1v) is 9.13. The summed E-state index contributed by atoms with van der Waals surface area (Å²) in [5.41, 5.74) is 3.78. The number of aryl methyl sites for hydroxylation is 2. The molecule has 0 radical (unpaired) electrons. The maximum Gasteiger partial charge on any atom is 0.267 e. The largest absolute Gasteiger partial charge is 0.361 e. The van der Waals surface area contributed by atoms with Crippen LogP contribution in [0.5, 0.6) is 0 Å². The Kier molecular flexibility index (Phi) is 4.51. The number of H-pyrrole nitrogens is 1.